The fourth-order valence-electron chi connectivity index (χ4n) is 2.08. The van der Waals surface area contributed by atoms with Crippen LogP contribution in [0, 0.1) is 5.92 Å². The van der Waals surface area contributed by atoms with Crippen LogP contribution in [0.1, 0.15) is 46.5 Å². The molecule has 0 bridgehead atoms. The summed E-state index contributed by atoms with van der Waals surface area (Å²) in [6.07, 6.45) is 5.46. The third-order valence-electron chi connectivity index (χ3n) is 3.31. The number of ether oxygens (including phenoxy) is 1. The van der Waals surface area contributed by atoms with Gasteiger partial charge in [-0.2, -0.15) is 0 Å². The normalized spacial score (nSPS) is 29.1. The van der Waals surface area contributed by atoms with Gasteiger partial charge in [0.2, 0.25) is 0 Å². The van der Waals surface area contributed by atoms with Crippen LogP contribution in [0.15, 0.2) is 0 Å². The van der Waals surface area contributed by atoms with Gasteiger partial charge in [0.25, 0.3) is 0 Å². The Hall–Kier alpha value is -0.0800. The average Bonchev–Trinajstić information content (AvgIpc) is 2.15. The van der Waals surface area contributed by atoms with Gasteiger partial charge in [-0.3, -0.25) is 0 Å². The molecule has 14 heavy (non-hydrogen) atoms. The maximum atomic E-state index is 5.39. The van der Waals surface area contributed by atoms with Crippen LogP contribution in [-0.4, -0.2) is 25.3 Å². The molecule has 0 aromatic heterocycles. The minimum absolute atomic E-state index is 0.0271. The van der Waals surface area contributed by atoms with E-state index < -0.39 is 0 Å². The Balaban J connectivity index is 2.23. The van der Waals surface area contributed by atoms with Crippen LogP contribution in [0.5, 0.6) is 0 Å². The van der Waals surface area contributed by atoms with Crippen molar-refractivity contribution >= 4 is 0 Å². The number of hydrogen-bond donors (Lipinski definition) is 1. The van der Waals surface area contributed by atoms with Gasteiger partial charge in [0, 0.05) is 19.7 Å². The van der Waals surface area contributed by atoms with Gasteiger partial charge in [-0.1, -0.05) is 19.8 Å². The highest BCUT2D eigenvalue weighted by Gasteiger charge is 2.22. The van der Waals surface area contributed by atoms with Crippen molar-refractivity contribution in [3.63, 3.8) is 0 Å². The standard InChI is InChI=1S/C12H25NO/c1-10-6-5-7-11(8-10)13-9-12(2,3)14-4/h10-11,13H,5-9H2,1-4H3. The van der Waals surface area contributed by atoms with Crippen LogP contribution in [0.2, 0.25) is 0 Å². The Morgan fingerprint density at radius 2 is 2.07 bits per heavy atom. The third-order valence-corrected chi connectivity index (χ3v) is 3.31. The maximum absolute atomic E-state index is 5.39. The molecule has 2 heteroatoms. The number of nitrogens with one attached hydrogen (secondary N) is 1. The van der Waals surface area contributed by atoms with Crippen molar-refractivity contribution in [2.75, 3.05) is 13.7 Å². The van der Waals surface area contributed by atoms with E-state index in [-0.39, 0.29) is 5.60 Å². The Morgan fingerprint density at radius 3 is 2.64 bits per heavy atom. The lowest BCUT2D eigenvalue weighted by molar-refractivity contribution is 0.0194. The highest BCUT2D eigenvalue weighted by Crippen LogP contribution is 2.23. The molecule has 1 saturated carbocycles. The molecule has 2 unspecified atom stereocenters. The second-order valence-electron chi connectivity index (χ2n) is 5.31. The number of rotatable bonds is 4. The van der Waals surface area contributed by atoms with Crippen LogP contribution in [0.4, 0.5) is 0 Å². The molecule has 0 saturated heterocycles. The Labute approximate surface area is 88.4 Å². The smallest absolute Gasteiger partial charge is 0.0746 e. The zero-order valence-corrected chi connectivity index (χ0v) is 10.1. The molecular weight excluding hydrogens is 174 g/mol. The highest BCUT2D eigenvalue weighted by atomic mass is 16.5. The fourth-order valence-corrected chi connectivity index (χ4v) is 2.08. The molecule has 1 aliphatic carbocycles. The minimum atomic E-state index is -0.0271. The van der Waals surface area contributed by atoms with Crippen LogP contribution in [0.3, 0.4) is 0 Å². The van der Waals surface area contributed by atoms with Gasteiger partial charge in [-0.25, -0.2) is 0 Å². The zero-order valence-electron chi connectivity index (χ0n) is 10.1. The quantitative estimate of drug-likeness (QED) is 0.751. The molecule has 2 nitrogen and oxygen atoms in total. The van der Waals surface area contributed by atoms with Crippen LogP contribution in [0.25, 0.3) is 0 Å². The second-order valence-corrected chi connectivity index (χ2v) is 5.31. The number of hydrogen-bond acceptors (Lipinski definition) is 2. The van der Waals surface area contributed by atoms with E-state index >= 15 is 0 Å². The molecule has 0 aromatic rings. The van der Waals surface area contributed by atoms with Crippen LogP contribution < -0.4 is 5.32 Å². The van der Waals surface area contributed by atoms with Crippen molar-refractivity contribution in [3.8, 4) is 0 Å². The van der Waals surface area contributed by atoms with Gasteiger partial charge in [0.1, 0.15) is 0 Å². The van der Waals surface area contributed by atoms with Crippen molar-refractivity contribution < 1.29 is 4.74 Å². The molecule has 1 N–H and O–H groups in total. The van der Waals surface area contributed by atoms with Gasteiger partial charge in [-0.15, -0.1) is 0 Å². The van der Waals surface area contributed by atoms with E-state index in [2.05, 4.69) is 26.1 Å². The summed E-state index contributed by atoms with van der Waals surface area (Å²) in [5.41, 5.74) is -0.0271. The summed E-state index contributed by atoms with van der Waals surface area (Å²) in [5.74, 6) is 0.895. The Kier molecular flexibility index (Phi) is 4.39. The molecule has 0 aromatic carbocycles. The van der Waals surface area contributed by atoms with Crippen molar-refractivity contribution in [2.45, 2.75) is 58.1 Å². The lowest BCUT2D eigenvalue weighted by atomic mass is 9.87. The van der Waals surface area contributed by atoms with E-state index in [9.17, 15) is 0 Å². The zero-order chi connectivity index (χ0) is 10.6. The third kappa shape index (κ3) is 3.97. The summed E-state index contributed by atoms with van der Waals surface area (Å²) in [6.45, 7) is 7.58. The Morgan fingerprint density at radius 1 is 1.36 bits per heavy atom. The van der Waals surface area contributed by atoms with Gasteiger partial charge >= 0.3 is 0 Å². The molecular formula is C12H25NO. The highest BCUT2D eigenvalue weighted by molar-refractivity contribution is 4.79. The van der Waals surface area contributed by atoms with Crippen molar-refractivity contribution in [1.82, 2.24) is 5.32 Å². The lowest BCUT2D eigenvalue weighted by Crippen LogP contribution is -2.43. The fraction of sp³-hybridized carbons (Fsp3) is 1.00. The predicted molar refractivity (Wildman–Crippen MR) is 60.5 cm³/mol. The summed E-state index contributed by atoms with van der Waals surface area (Å²) in [6, 6.07) is 0.716. The van der Waals surface area contributed by atoms with E-state index in [1.807, 2.05) is 0 Å². The minimum Gasteiger partial charge on any atom is -0.377 e. The molecule has 0 radical (unpaired) electrons. The summed E-state index contributed by atoms with van der Waals surface area (Å²) >= 11 is 0. The van der Waals surface area contributed by atoms with E-state index in [0.29, 0.717) is 6.04 Å². The largest absolute Gasteiger partial charge is 0.377 e. The molecule has 84 valence electrons. The summed E-state index contributed by atoms with van der Waals surface area (Å²) in [4.78, 5) is 0. The summed E-state index contributed by atoms with van der Waals surface area (Å²) in [7, 11) is 1.78. The average molecular weight is 199 g/mol. The van der Waals surface area contributed by atoms with Gasteiger partial charge < -0.3 is 10.1 Å². The molecule has 2 atom stereocenters. The van der Waals surface area contributed by atoms with Crippen LogP contribution >= 0.6 is 0 Å². The molecule has 0 heterocycles. The van der Waals surface area contributed by atoms with Gasteiger partial charge in [-0.05, 0) is 32.6 Å². The van der Waals surface area contributed by atoms with Crippen LogP contribution in [-0.2, 0) is 4.74 Å². The predicted octanol–water partition coefficient (Wildman–Crippen LogP) is 2.58. The molecule has 1 rings (SSSR count). The second kappa shape index (κ2) is 5.13. The van der Waals surface area contributed by atoms with Crippen molar-refractivity contribution in [2.24, 2.45) is 5.92 Å². The maximum Gasteiger partial charge on any atom is 0.0746 e. The van der Waals surface area contributed by atoms with Crippen molar-refractivity contribution in [3.05, 3.63) is 0 Å². The lowest BCUT2D eigenvalue weighted by Gasteiger charge is -2.31. The van der Waals surface area contributed by atoms with Gasteiger partial charge in [0.05, 0.1) is 5.60 Å². The first-order valence-electron chi connectivity index (χ1n) is 5.82. The summed E-state index contributed by atoms with van der Waals surface area (Å²) < 4.78 is 5.39. The first-order chi connectivity index (χ1) is 6.53. The Bertz CT molecular complexity index is 168. The van der Waals surface area contributed by atoms with Gasteiger partial charge in [0.15, 0.2) is 0 Å². The summed E-state index contributed by atoms with van der Waals surface area (Å²) in [5, 5.41) is 3.62. The molecule has 1 aliphatic rings. The van der Waals surface area contributed by atoms with E-state index in [1.165, 1.54) is 25.7 Å². The molecule has 0 aliphatic heterocycles. The first-order valence-corrected chi connectivity index (χ1v) is 5.82. The molecule has 0 amide bonds. The van der Waals surface area contributed by atoms with Crippen molar-refractivity contribution in [1.29, 1.82) is 0 Å². The van der Waals surface area contributed by atoms with E-state index in [4.69, 9.17) is 4.74 Å². The van der Waals surface area contributed by atoms with E-state index in [1.54, 1.807) is 7.11 Å². The SMILES string of the molecule is COC(C)(C)CNC1CCCC(C)C1. The molecule has 0 spiro atoms. The topological polar surface area (TPSA) is 21.3 Å². The van der Waals surface area contributed by atoms with E-state index in [0.717, 1.165) is 12.5 Å². The first kappa shape index (κ1) is 12.0. The monoisotopic (exact) mass is 199 g/mol. The number of methoxy groups -OCH3 is 1. The molecule has 1 fully saturated rings.